The topological polar surface area (TPSA) is 59.1 Å². The molecule has 0 aromatic heterocycles. The molecule has 1 aromatic rings. The van der Waals surface area contributed by atoms with Crippen molar-refractivity contribution in [3.63, 3.8) is 0 Å². The Hall–Kier alpha value is -2.24. The van der Waals surface area contributed by atoms with Gasteiger partial charge in [-0.05, 0) is 58.2 Å². The van der Waals surface area contributed by atoms with Crippen molar-refractivity contribution < 1.29 is 19.1 Å². The molecule has 0 spiro atoms. The fourth-order valence-corrected chi connectivity index (χ4v) is 3.10. The van der Waals surface area contributed by atoms with Gasteiger partial charge in [0, 0.05) is 20.1 Å². The van der Waals surface area contributed by atoms with Crippen LogP contribution in [-0.4, -0.2) is 60.7 Å². The molecule has 0 saturated carbocycles. The smallest absolute Gasteiger partial charge is 0.410 e. The van der Waals surface area contributed by atoms with E-state index in [1.165, 1.54) is 0 Å². The van der Waals surface area contributed by atoms with Crippen molar-refractivity contribution in [3.05, 3.63) is 29.8 Å². The lowest BCUT2D eigenvalue weighted by atomic mass is 9.97. The number of hydrogen-bond acceptors (Lipinski definition) is 4. The zero-order valence-corrected chi connectivity index (χ0v) is 17.2. The van der Waals surface area contributed by atoms with E-state index in [4.69, 9.17) is 9.47 Å². The Labute approximate surface area is 162 Å². The number of likely N-dealkylation sites (tertiary alicyclic amines) is 1. The third-order valence-corrected chi connectivity index (χ3v) is 4.48. The molecule has 6 heteroatoms. The SMILES string of the molecule is Cc1cccc(OCCN(C)C(=O)C2CCCN(C(=O)OC(C)(C)C)C2)c1. The predicted octanol–water partition coefficient (Wildman–Crippen LogP) is 3.48. The van der Waals surface area contributed by atoms with Crippen molar-refractivity contribution in [3.8, 4) is 5.75 Å². The molecule has 1 saturated heterocycles. The van der Waals surface area contributed by atoms with Crippen LogP contribution < -0.4 is 4.74 Å². The Morgan fingerprint density at radius 1 is 1.30 bits per heavy atom. The van der Waals surface area contributed by atoms with Crippen molar-refractivity contribution in [2.45, 2.75) is 46.1 Å². The summed E-state index contributed by atoms with van der Waals surface area (Å²) < 4.78 is 11.2. The van der Waals surface area contributed by atoms with Gasteiger partial charge in [0.05, 0.1) is 12.5 Å². The highest BCUT2D eigenvalue weighted by Gasteiger charge is 2.32. The standard InChI is InChI=1S/C21H32N2O4/c1-16-8-6-10-18(14-16)26-13-12-22(5)19(24)17-9-7-11-23(15-17)20(25)27-21(2,3)4/h6,8,10,14,17H,7,9,11-13,15H2,1-5H3. The van der Waals surface area contributed by atoms with E-state index in [-0.39, 0.29) is 17.9 Å². The number of amides is 2. The lowest BCUT2D eigenvalue weighted by molar-refractivity contribution is -0.136. The molecule has 1 unspecified atom stereocenters. The number of ether oxygens (including phenoxy) is 2. The van der Waals surface area contributed by atoms with Gasteiger partial charge in [-0.25, -0.2) is 4.79 Å². The number of rotatable bonds is 5. The number of benzene rings is 1. The minimum atomic E-state index is -0.530. The van der Waals surface area contributed by atoms with E-state index >= 15 is 0 Å². The van der Waals surface area contributed by atoms with Crippen LogP contribution in [0.3, 0.4) is 0 Å². The number of carbonyl (C=O) groups is 2. The van der Waals surface area contributed by atoms with E-state index in [1.54, 1.807) is 16.8 Å². The van der Waals surface area contributed by atoms with Crippen molar-refractivity contribution in [2.75, 3.05) is 33.3 Å². The molecule has 1 fully saturated rings. The number of likely N-dealkylation sites (N-methyl/N-ethyl adjacent to an activating group) is 1. The molecule has 2 amide bonds. The average Bonchev–Trinajstić information content (AvgIpc) is 2.59. The lowest BCUT2D eigenvalue weighted by Gasteiger charge is -2.35. The molecule has 2 rings (SSSR count). The van der Waals surface area contributed by atoms with E-state index in [9.17, 15) is 9.59 Å². The minimum Gasteiger partial charge on any atom is -0.492 e. The van der Waals surface area contributed by atoms with Crippen LogP contribution in [0.2, 0.25) is 0 Å². The second-order valence-corrected chi connectivity index (χ2v) is 8.19. The summed E-state index contributed by atoms with van der Waals surface area (Å²) in [5.41, 5.74) is 0.610. The summed E-state index contributed by atoms with van der Waals surface area (Å²) in [5.74, 6) is 0.677. The lowest BCUT2D eigenvalue weighted by Crippen LogP contribution is -2.47. The first-order chi connectivity index (χ1) is 12.7. The fraction of sp³-hybridized carbons (Fsp3) is 0.619. The highest BCUT2D eigenvalue weighted by Crippen LogP contribution is 2.21. The third kappa shape index (κ3) is 6.77. The van der Waals surface area contributed by atoms with Crippen LogP contribution in [-0.2, 0) is 9.53 Å². The maximum Gasteiger partial charge on any atom is 0.410 e. The maximum absolute atomic E-state index is 12.7. The van der Waals surface area contributed by atoms with E-state index < -0.39 is 5.60 Å². The Morgan fingerprint density at radius 3 is 2.70 bits per heavy atom. The molecule has 1 aromatic carbocycles. The fourth-order valence-electron chi connectivity index (χ4n) is 3.10. The number of nitrogens with zero attached hydrogens (tertiary/aromatic N) is 2. The molecular formula is C21H32N2O4. The van der Waals surface area contributed by atoms with E-state index in [1.807, 2.05) is 52.0 Å². The highest BCUT2D eigenvalue weighted by molar-refractivity contribution is 5.80. The van der Waals surface area contributed by atoms with Crippen LogP contribution in [0.4, 0.5) is 4.79 Å². The van der Waals surface area contributed by atoms with Crippen molar-refractivity contribution >= 4 is 12.0 Å². The quantitative estimate of drug-likeness (QED) is 0.789. The first-order valence-corrected chi connectivity index (χ1v) is 9.58. The zero-order chi connectivity index (χ0) is 20.0. The van der Waals surface area contributed by atoms with Gasteiger partial charge in [-0.2, -0.15) is 0 Å². The van der Waals surface area contributed by atoms with Crippen molar-refractivity contribution in [1.29, 1.82) is 0 Å². The molecule has 1 atom stereocenters. The molecule has 150 valence electrons. The Morgan fingerprint density at radius 2 is 2.04 bits per heavy atom. The largest absolute Gasteiger partial charge is 0.492 e. The minimum absolute atomic E-state index is 0.0519. The van der Waals surface area contributed by atoms with Gasteiger partial charge in [0.15, 0.2) is 0 Å². The number of carbonyl (C=O) groups excluding carboxylic acids is 2. The molecular weight excluding hydrogens is 344 g/mol. The first kappa shape index (κ1) is 21.1. The van der Waals surface area contributed by atoms with Gasteiger partial charge >= 0.3 is 6.09 Å². The van der Waals surface area contributed by atoms with E-state index in [0.29, 0.717) is 26.2 Å². The Bertz CT molecular complexity index is 654. The molecule has 0 N–H and O–H groups in total. The predicted molar refractivity (Wildman–Crippen MR) is 105 cm³/mol. The van der Waals surface area contributed by atoms with Crippen LogP contribution in [0.15, 0.2) is 24.3 Å². The van der Waals surface area contributed by atoms with Gasteiger partial charge in [-0.3, -0.25) is 4.79 Å². The normalized spacial score (nSPS) is 17.4. The number of piperidine rings is 1. The second kappa shape index (κ2) is 9.11. The van der Waals surface area contributed by atoms with Gasteiger partial charge in [0.1, 0.15) is 18.0 Å². The molecule has 0 radical (unpaired) electrons. The van der Waals surface area contributed by atoms with Gasteiger partial charge in [-0.15, -0.1) is 0 Å². The van der Waals surface area contributed by atoms with Gasteiger partial charge in [0.2, 0.25) is 5.91 Å². The molecule has 27 heavy (non-hydrogen) atoms. The maximum atomic E-state index is 12.7. The molecule has 1 aliphatic rings. The molecule has 6 nitrogen and oxygen atoms in total. The Kier molecular flexibility index (Phi) is 7.11. The van der Waals surface area contributed by atoms with E-state index in [2.05, 4.69) is 0 Å². The average molecular weight is 376 g/mol. The first-order valence-electron chi connectivity index (χ1n) is 9.58. The highest BCUT2D eigenvalue weighted by atomic mass is 16.6. The molecule has 0 aliphatic carbocycles. The Balaban J connectivity index is 1.81. The summed E-state index contributed by atoms with van der Waals surface area (Å²) in [6, 6.07) is 7.85. The summed E-state index contributed by atoms with van der Waals surface area (Å²) in [5, 5.41) is 0. The summed E-state index contributed by atoms with van der Waals surface area (Å²) in [6.07, 6.45) is 1.26. The molecule has 1 aliphatic heterocycles. The molecule has 1 heterocycles. The van der Waals surface area contributed by atoms with Crippen LogP contribution in [0, 0.1) is 12.8 Å². The zero-order valence-electron chi connectivity index (χ0n) is 17.2. The molecule has 0 bridgehead atoms. The van der Waals surface area contributed by atoms with Crippen LogP contribution in [0.5, 0.6) is 5.75 Å². The number of aryl methyl sites for hydroxylation is 1. The third-order valence-electron chi connectivity index (χ3n) is 4.48. The van der Waals surface area contributed by atoms with Crippen LogP contribution in [0.1, 0.15) is 39.2 Å². The summed E-state index contributed by atoms with van der Waals surface area (Å²) in [6.45, 7) is 9.56. The summed E-state index contributed by atoms with van der Waals surface area (Å²) >= 11 is 0. The monoisotopic (exact) mass is 376 g/mol. The van der Waals surface area contributed by atoms with Crippen LogP contribution in [0.25, 0.3) is 0 Å². The van der Waals surface area contributed by atoms with Gasteiger partial charge in [-0.1, -0.05) is 12.1 Å². The second-order valence-electron chi connectivity index (χ2n) is 8.19. The number of hydrogen-bond donors (Lipinski definition) is 0. The summed E-state index contributed by atoms with van der Waals surface area (Å²) in [7, 11) is 1.79. The van der Waals surface area contributed by atoms with Gasteiger partial charge < -0.3 is 19.3 Å². The van der Waals surface area contributed by atoms with Crippen molar-refractivity contribution in [2.24, 2.45) is 5.92 Å². The van der Waals surface area contributed by atoms with Crippen LogP contribution >= 0.6 is 0 Å². The van der Waals surface area contributed by atoms with Crippen molar-refractivity contribution in [1.82, 2.24) is 9.80 Å². The van der Waals surface area contributed by atoms with Gasteiger partial charge in [0.25, 0.3) is 0 Å². The summed E-state index contributed by atoms with van der Waals surface area (Å²) in [4.78, 5) is 28.3. The van der Waals surface area contributed by atoms with E-state index in [0.717, 1.165) is 24.2 Å².